The number of aromatic carboxylic acids is 1. The van der Waals surface area contributed by atoms with Gasteiger partial charge in [0.25, 0.3) is 0 Å². The minimum Gasteiger partial charge on any atom is -0.478 e. The Morgan fingerprint density at radius 1 is 1.47 bits per heavy atom. The average molecular weight is 255 g/mol. The van der Waals surface area contributed by atoms with Crippen molar-refractivity contribution < 1.29 is 9.90 Å². The zero-order chi connectivity index (χ0) is 12.5. The minimum absolute atomic E-state index is 0.170. The van der Waals surface area contributed by atoms with Crippen LogP contribution in [-0.2, 0) is 0 Å². The van der Waals surface area contributed by atoms with Crippen molar-refractivity contribution >= 4 is 23.5 Å². The van der Waals surface area contributed by atoms with Crippen molar-refractivity contribution in [2.24, 2.45) is 0 Å². The molecule has 1 aromatic rings. The van der Waals surface area contributed by atoms with E-state index in [9.17, 15) is 4.79 Å². The molecule has 1 rings (SSSR count). The van der Waals surface area contributed by atoms with Gasteiger partial charge in [-0.15, -0.1) is 5.10 Å². The zero-order valence-corrected chi connectivity index (χ0v) is 10.7. The van der Waals surface area contributed by atoms with E-state index in [1.54, 1.807) is 0 Å². The number of anilines is 1. The van der Waals surface area contributed by atoms with E-state index < -0.39 is 5.97 Å². The largest absolute Gasteiger partial charge is 0.478 e. The van der Waals surface area contributed by atoms with Gasteiger partial charge in [0.15, 0.2) is 5.82 Å². The van der Waals surface area contributed by atoms with Crippen LogP contribution in [0.15, 0.2) is 12.3 Å². The summed E-state index contributed by atoms with van der Waals surface area (Å²) in [7, 11) is 0. The number of hydrogen-bond donors (Lipinski definition) is 2. The van der Waals surface area contributed by atoms with Crippen molar-refractivity contribution in [3.63, 3.8) is 0 Å². The highest BCUT2D eigenvalue weighted by atomic mass is 32.2. The molecule has 0 unspecified atom stereocenters. The maximum atomic E-state index is 10.9. The molecule has 94 valence electrons. The third kappa shape index (κ3) is 5.04. The van der Waals surface area contributed by atoms with Crippen LogP contribution in [0.2, 0.25) is 0 Å². The Morgan fingerprint density at radius 2 is 2.29 bits per heavy atom. The second-order valence-electron chi connectivity index (χ2n) is 3.58. The van der Waals surface area contributed by atoms with E-state index in [1.807, 2.05) is 11.8 Å². The second kappa shape index (κ2) is 7.89. The van der Waals surface area contributed by atoms with E-state index in [1.165, 1.54) is 24.4 Å². The van der Waals surface area contributed by atoms with Gasteiger partial charge in [-0.05, 0) is 30.9 Å². The predicted molar refractivity (Wildman–Crippen MR) is 69.7 cm³/mol. The van der Waals surface area contributed by atoms with Crippen LogP contribution in [0.3, 0.4) is 0 Å². The molecule has 0 spiro atoms. The maximum absolute atomic E-state index is 10.9. The van der Waals surface area contributed by atoms with E-state index in [-0.39, 0.29) is 5.56 Å². The lowest BCUT2D eigenvalue weighted by Crippen LogP contribution is -2.10. The summed E-state index contributed by atoms with van der Waals surface area (Å²) >= 11 is 1.84. The lowest BCUT2D eigenvalue weighted by atomic mass is 10.2. The summed E-state index contributed by atoms with van der Waals surface area (Å²) in [5, 5.41) is 19.4. The van der Waals surface area contributed by atoms with Crippen LogP contribution in [-0.4, -0.2) is 39.8 Å². The molecule has 0 bridgehead atoms. The maximum Gasteiger partial charge on any atom is 0.339 e. The highest BCUT2D eigenvalue weighted by molar-refractivity contribution is 7.98. The van der Waals surface area contributed by atoms with Gasteiger partial charge >= 0.3 is 5.97 Å². The molecule has 6 heteroatoms. The SMILES string of the molecule is CSCCCCCNc1nnccc1C(=O)O. The Morgan fingerprint density at radius 3 is 3.00 bits per heavy atom. The topological polar surface area (TPSA) is 75.1 Å². The normalized spacial score (nSPS) is 10.2. The van der Waals surface area contributed by atoms with Gasteiger partial charge in [0.2, 0.25) is 0 Å². The molecular weight excluding hydrogens is 238 g/mol. The molecule has 0 atom stereocenters. The Labute approximate surface area is 105 Å². The Hall–Kier alpha value is -1.30. The molecule has 0 radical (unpaired) electrons. The molecular formula is C11H17N3O2S. The fourth-order valence-corrected chi connectivity index (χ4v) is 1.88. The molecule has 17 heavy (non-hydrogen) atoms. The predicted octanol–water partition coefficient (Wildman–Crippen LogP) is 2.12. The summed E-state index contributed by atoms with van der Waals surface area (Å²) in [6, 6.07) is 1.45. The fourth-order valence-electron chi connectivity index (χ4n) is 1.39. The van der Waals surface area contributed by atoms with Crippen molar-refractivity contribution in [3.8, 4) is 0 Å². The Bertz CT molecular complexity index is 360. The van der Waals surface area contributed by atoms with Crippen LogP contribution in [0, 0.1) is 0 Å². The molecule has 0 saturated heterocycles. The van der Waals surface area contributed by atoms with Gasteiger partial charge in [0.05, 0.1) is 6.20 Å². The number of nitrogens with one attached hydrogen (secondary N) is 1. The standard InChI is InChI=1S/C11H17N3O2S/c1-17-8-4-2-3-6-12-10-9(11(15)16)5-7-13-14-10/h5,7H,2-4,6,8H2,1H3,(H,12,14)(H,15,16). The van der Waals surface area contributed by atoms with Crippen molar-refractivity contribution in [1.29, 1.82) is 0 Å². The molecule has 0 fully saturated rings. The smallest absolute Gasteiger partial charge is 0.339 e. The van der Waals surface area contributed by atoms with E-state index in [0.29, 0.717) is 5.82 Å². The lowest BCUT2D eigenvalue weighted by molar-refractivity contribution is 0.0697. The number of carboxylic acid groups (broad SMARTS) is 1. The molecule has 1 aromatic heterocycles. The number of unbranched alkanes of at least 4 members (excludes halogenated alkanes) is 2. The summed E-state index contributed by atoms with van der Waals surface area (Å²) in [4.78, 5) is 10.9. The first kappa shape index (κ1) is 13.8. The van der Waals surface area contributed by atoms with Crippen molar-refractivity contribution in [2.45, 2.75) is 19.3 Å². The third-order valence-electron chi connectivity index (χ3n) is 2.27. The fraction of sp³-hybridized carbons (Fsp3) is 0.545. The summed E-state index contributed by atoms with van der Waals surface area (Å²) in [5.74, 6) is 0.542. The van der Waals surface area contributed by atoms with Gasteiger partial charge in [0.1, 0.15) is 5.56 Å². The monoisotopic (exact) mass is 255 g/mol. The second-order valence-corrected chi connectivity index (χ2v) is 4.56. The summed E-state index contributed by atoms with van der Waals surface area (Å²) in [6.07, 6.45) is 6.81. The van der Waals surface area contributed by atoms with Crippen LogP contribution < -0.4 is 5.32 Å². The lowest BCUT2D eigenvalue weighted by Gasteiger charge is -2.06. The number of rotatable bonds is 8. The highest BCUT2D eigenvalue weighted by Crippen LogP contribution is 2.10. The number of carboxylic acids is 1. The minimum atomic E-state index is -0.982. The summed E-state index contributed by atoms with van der Waals surface area (Å²) in [6.45, 7) is 0.730. The number of nitrogens with zero attached hydrogens (tertiary/aromatic N) is 2. The molecule has 0 saturated carbocycles. The van der Waals surface area contributed by atoms with Gasteiger partial charge in [-0.3, -0.25) is 0 Å². The molecule has 0 aliphatic heterocycles. The van der Waals surface area contributed by atoms with E-state index in [0.717, 1.165) is 19.4 Å². The summed E-state index contributed by atoms with van der Waals surface area (Å²) in [5.41, 5.74) is 0.170. The van der Waals surface area contributed by atoms with Gasteiger partial charge in [-0.1, -0.05) is 6.42 Å². The van der Waals surface area contributed by atoms with Crippen molar-refractivity contribution in [3.05, 3.63) is 17.8 Å². The van der Waals surface area contributed by atoms with Crippen LogP contribution in [0.1, 0.15) is 29.6 Å². The molecule has 0 aliphatic carbocycles. The van der Waals surface area contributed by atoms with Crippen molar-refractivity contribution in [1.82, 2.24) is 10.2 Å². The quantitative estimate of drug-likeness (QED) is 0.693. The molecule has 1 heterocycles. The van der Waals surface area contributed by atoms with E-state index in [4.69, 9.17) is 5.11 Å². The van der Waals surface area contributed by atoms with Gasteiger partial charge in [-0.2, -0.15) is 16.9 Å². The van der Waals surface area contributed by atoms with Crippen LogP contribution in [0.25, 0.3) is 0 Å². The van der Waals surface area contributed by atoms with Crippen LogP contribution in [0.5, 0.6) is 0 Å². The first-order valence-corrected chi connectivity index (χ1v) is 6.93. The molecule has 0 amide bonds. The highest BCUT2D eigenvalue weighted by Gasteiger charge is 2.10. The number of carbonyl (C=O) groups is 1. The first-order valence-electron chi connectivity index (χ1n) is 5.53. The number of hydrogen-bond acceptors (Lipinski definition) is 5. The average Bonchev–Trinajstić information content (AvgIpc) is 2.34. The van der Waals surface area contributed by atoms with Gasteiger partial charge < -0.3 is 10.4 Å². The summed E-state index contributed by atoms with van der Waals surface area (Å²) < 4.78 is 0. The number of aromatic nitrogens is 2. The van der Waals surface area contributed by atoms with E-state index >= 15 is 0 Å². The molecule has 2 N–H and O–H groups in total. The number of thioether (sulfide) groups is 1. The van der Waals surface area contributed by atoms with Gasteiger partial charge in [0, 0.05) is 6.54 Å². The van der Waals surface area contributed by atoms with Crippen LogP contribution >= 0.6 is 11.8 Å². The third-order valence-corrected chi connectivity index (χ3v) is 2.97. The van der Waals surface area contributed by atoms with Crippen LogP contribution in [0.4, 0.5) is 5.82 Å². The molecule has 5 nitrogen and oxygen atoms in total. The van der Waals surface area contributed by atoms with E-state index in [2.05, 4.69) is 21.8 Å². The Kier molecular flexibility index (Phi) is 6.39. The van der Waals surface area contributed by atoms with Gasteiger partial charge in [-0.25, -0.2) is 4.79 Å². The zero-order valence-electron chi connectivity index (χ0n) is 9.85. The molecule has 0 aromatic carbocycles. The first-order chi connectivity index (χ1) is 8.25. The van der Waals surface area contributed by atoms with Crippen molar-refractivity contribution in [2.75, 3.05) is 23.9 Å². The molecule has 0 aliphatic rings. The Balaban J connectivity index is 2.34.